The summed E-state index contributed by atoms with van der Waals surface area (Å²) in [6, 6.07) is 6.86. The van der Waals surface area contributed by atoms with Crippen molar-refractivity contribution in [2.24, 2.45) is 0 Å². The first-order valence-electron chi connectivity index (χ1n) is 13.7. The first-order valence-corrected chi connectivity index (χ1v) is 14.1. The average molecular weight is 589 g/mol. The minimum absolute atomic E-state index is 0.0489. The van der Waals surface area contributed by atoms with Crippen LogP contribution in [0.1, 0.15) is 35.8 Å². The highest BCUT2D eigenvalue weighted by molar-refractivity contribution is 6.35. The monoisotopic (exact) mass is 588 g/mol. The van der Waals surface area contributed by atoms with Gasteiger partial charge in [0.15, 0.2) is 0 Å². The van der Waals surface area contributed by atoms with E-state index in [1.54, 1.807) is 41.2 Å². The van der Waals surface area contributed by atoms with Crippen molar-refractivity contribution < 1.29 is 14.4 Å². The van der Waals surface area contributed by atoms with E-state index >= 15 is 0 Å². The van der Waals surface area contributed by atoms with Gasteiger partial charge >= 0.3 is 0 Å². The fourth-order valence-corrected chi connectivity index (χ4v) is 5.49. The lowest BCUT2D eigenvalue weighted by molar-refractivity contribution is -0.126. The molecule has 5 rings (SSSR count). The Bertz CT molecular complexity index is 1690. The number of nitrogens with zero attached hydrogens (tertiary/aromatic N) is 6. The topological polar surface area (TPSA) is 117 Å². The Kier molecular flexibility index (Phi) is 8.69. The maximum atomic E-state index is 13.8. The van der Waals surface area contributed by atoms with Gasteiger partial charge in [-0.2, -0.15) is 0 Å². The van der Waals surface area contributed by atoms with Crippen molar-refractivity contribution in [1.82, 2.24) is 28.7 Å². The summed E-state index contributed by atoms with van der Waals surface area (Å²) in [4.78, 5) is 51.6. The number of hydrogen-bond acceptors (Lipinski definition) is 6. The Morgan fingerprint density at radius 2 is 2.05 bits per heavy atom. The fourth-order valence-electron chi connectivity index (χ4n) is 5.23. The van der Waals surface area contributed by atoms with Crippen LogP contribution in [0.5, 0.6) is 0 Å². The summed E-state index contributed by atoms with van der Waals surface area (Å²) in [6.07, 6.45) is 12.0. The second-order valence-electron chi connectivity index (χ2n) is 10.4. The molecule has 1 atom stereocenters. The maximum absolute atomic E-state index is 13.8. The van der Waals surface area contributed by atoms with Crippen LogP contribution in [0.4, 0.5) is 11.6 Å². The molecule has 12 heteroatoms. The number of carbonyl (C=O) groups is 3. The van der Waals surface area contributed by atoms with Gasteiger partial charge in [0.25, 0.3) is 5.91 Å². The van der Waals surface area contributed by atoms with Gasteiger partial charge in [-0.05, 0) is 57.6 Å². The summed E-state index contributed by atoms with van der Waals surface area (Å²) in [6.45, 7) is 5.26. The van der Waals surface area contributed by atoms with Gasteiger partial charge in [-0.25, -0.2) is 4.98 Å². The zero-order valence-corrected chi connectivity index (χ0v) is 24.3. The molecular weight excluding hydrogens is 556 g/mol. The molecule has 1 aromatic carbocycles. The number of halogens is 1. The SMILES string of the molecule is C=CC(=O)Nc1cc(C(=O)Nc2nc3cccc(Cl)c3n2[C@@H]2CCCCN(C(=O)/C=C/CN(C)C)C2)n2ccncc12. The van der Waals surface area contributed by atoms with Crippen molar-refractivity contribution in [2.45, 2.75) is 25.3 Å². The predicted molar refractivity (Wildman–Crippen MR) is 164 cm³/mol. The van der Waals surface area contributed by atoms with Crippen LogP contribution in [0.25, 0.3) is 16.6 Å². The van der Waals surface area contributed by atoms with Gasteiger partial charge in [0.2, 0.25) is 17.8 Å². The van der Waals surface area contributed by atoms with Gasteiger partial charge in [-0.15, -0.1) is 0 Å². The van der Waals surface area contributed by atoms with Gasteiger partial charge in [0.1, 0.15) is 5.69 Å². The Hall–Kier alpha value is -4.48. The van der Waals surface area contributed by atoms with Crippen LogP contribution in [0.2, 0.25) is 5.02 Å². The molecule has 4 aromatic rings. The lowest BCUT2D eigenvalue weighted by Gasteiger charge is -2.26. The Balaban J connectivity index is 1.51. The molecule has 3 aromatic heterocycles. The van der Waals surface area contributed by atoms with E-state index in [4.69, 9.17) is 16.6 Å². The molecule has 4 heterocycles. The average Bonchev–Trinajstić information content (AvgIpc) is 3.41. The molecule has 1 aliphatic rings. The van der Waals surface area contributed by atoms with Gasteiger partial charge in [0.05, 0.1) is 39.5 Å². The third kappa shape index (κ3) is 6.07. The fraction of sp³-hybridized carbons (Fsp3) is 0.300. The van der Waals surface area contributed by atoms with Gasteiger partial charge < -0.3 is 24.1 Å². The molecule has 0 saturated carbocycles. The quantitative estimate of drug-likeness (QED) is 0.295. The number of fused-ring (bicyclic) bond motifs is 2. The first kappa shape index (κ1) is 29.0. The molecular formula is C30H33ClN8O3. The smallest absolute Gasteiger partial charge is 0.275 e. The number of likely N-dealkylation sites (N-methyl/N-ethyl adjacent to an activating group) is 1. The van der Waals surface area contributed by atoms with E-state index in [2.05, 4.69) is 22.2 Å². The van der Waals surface area contributed by atoms with Gasteiger partial charge in [-0.1, -0.05) is 30.3 Å². The van der Waals surface area contributed by atoms with Crippen LogP contribution in [-0.4, -0.2) is 80.2 Å². The highest BCUT2D eigenvalue weighted by Crippen LogP contribution is 2.34. The molecule has 1 saturated heterocycles. The summed E-state index contributed by atoms with van der Waals surface area (Å²) >= 11 is 6.70. The number of amides is 3. The van der Waals surface area contributed by atoms with E-state index in [0.29, 0.717) is 52.8 Å². The number of imidazole rings is 1. The summed E-state index contributed by atoms with van der Waals surface area (Å²) in [5.74, 6) is -0.562. The standard InChI is InChI=1S/C30H33ClN8O3/c1-4-26(40)33-23-17-24(38-16-13-32-18-25(23)38)29(42)35-30-34-22-11-7-10-21(31)28(22)39(30)20-9-5-6-15-37(19-20)27(41)12-8-14-36(2)3/h4,7-8,10-13,16-18,20H,1,5-6,9,14-15,19H2,2-3H3,(H,33,40)(H,34,35,42)/b12-8+/t20-/m1/s1. The zero-order chi connectivity index (χ0) is 29.8. The van der Waals surface area contributed by atoms with E-state index < -0.39 is 11.8 Å². The highest BCUT2D eigenvalue weighted by atomic mass is 35.5. The molecule has 0 spiro atoms. The number of likely N-dealkylation sites (tertiary alicyclic amines) is 1. The summed E-state index contributed by atoms with van der Waals surface area (Å²) in [7, 11) is 3.90. The van der Waals surface area contributed by atoms with Crippen molar-refractivity contribution in [3.8, 4) is 0 Å². The number of nitrogens with one attached hydrogen (secondary N) is 2. The Morgan fingerprint density at radius 1 is 1.21 bits per heavy atom. The largest absolute Gasteiger partial charge is 0.337 e. The molecule has 1 aliphatic heterocycles. The lowest BCUT2D eigenvalue weighted by Crippen LogP contribution is -2.35. The highest BCUT2D eigenvalue weighted by Gasteiger charge is 2.28. The van der Waals surface area contributed by atoms with Crippen molar-refractivity contribution in [2.75, 3.05) is 44.4 Å². The van der Waals surface area contributed by atoms with Crippen molar-refractivity contribution in [1.29, 1.82) is 0 Å². The third-order valence-electron chi connectivity index (χ3n) is 7.19. The third-order valence-corrected chi connectivity index (χ3v) is 7.50. The number of carbonyl (C=O) groups excluding carboxylic acids is 3. The summed E-state index contributed by atoms with van der Waals surface area (Å²) in [5, 5.41) is 6.21. The first-order chi connectivity index (χ1) is 20.3. The molecule has 42 heavy (non-hydrogen) atoms. The molecule has 0 bridgehead atoms. The summed E-state index contributed by atoms with van der Waals surface area (Å²) in [5.41, 5.74) is 2.58. The van der Waals surface area contributed by atoms with Gasteiger partial charge in [0, 0.05) is 38.1 Å². The van der Waals surface area contributed by atoms with Crippen molar-refractivity contribution >= 4 is 57.5 Å². The second-order valence-corrected chi connectivity index (χ2v) is 10.8. The van der Waals surface area contributed by atoms with E-state index in [1.165, 1.54) is 0 Å². The molecule has 3 amide bonds. The number of para-hydroxylation sites is 1. The molecule has 0 aliphatic carbocycles. The van der Waals surface area contributed by atoms with Crippen LogP contribution in [0, 0.1) is 0 Å². The van der Waals surface area contributed by atoms with Crippen LogP contribution in [-0.2, 0) is 9.59 Å². The van der Waals surface area contributed by atoms with Crippen LogP contribution < -0.4 is 10.6 Å². The number of anilines is 2. The molecule has 0 radical (unpaired) electrons. The zero-order valence-electron chi connectivity index (χ0n) is 23.6. The Morgan fingerprint density at radius 3 is 2.83 bits per heavy atom. The maximum Gasteiger partial charge on any atom is 0.275 e. The second kappa shape index (κ2) is 12.6. The molecule has 11 nitrogen and oxygen atoms in total. The molecule has 0 unspecified atom stereocenters. The Labute approximate surface area is 248 Å². The van der Waals surface area contributed by atoms with E-state index in [-0.39, 0.29) is 17.6 Å². The molecule has 1 fully saturated rings. The molecule has 2 N–H and O–H groups in total. The number of rotatable bonds is 8. The number of hydrogen-bond donors (Lipinski definition) is 2. The molecule has 218 valence electrons. The normalized spacial score (nSPS) is 15.8. The minimum atomic E-state index is -0.434. The summed E-state index contributed by atoms with van der Waals surface area (Å²) < 4.78 is 3.59. The van der Waals surface area contributed by atoms with Crippen LogP contribution >= 0.6 is 11.6 Å². The van der Waals surface area contributed by atoms with E-state index in [0.717, 1.165) is 25.3 Å². The minimum Gasteiger partial charge on any atom is -0.337 e. The lowest BCUT2D eigenvalue weighted by atomic mass is 10.1. The van der Waals surface area contributed by atoms with E-state index in [9.17, 15) is 14.4 Å². The van der Waals surface area contributed by atoms with Crippen LogP contribution in [0.3, 0.4) is 0 Å². The van der Waals surface area contributed by atoms with Crippen molar-refractivity contribution in [3.05, 3.63) is 78.4 Å². The van der Waals surface area contributed by atoms with Crippen LogP contribution in [0.15, 0.2) is 67.7 Å². The number of benzene rings is 1. The predicted octanol–water partition coefficient (Wildman–Crippen LogP) is 4.39. The van der Waals surface area contributed by atoms with Gasteiger partial charge in [-0.3, -0.25) is 24.7 Å². The van der Waals surface area contributed by atoms with E-state index in [1.807, 2.05) is 46.7 Å². The number of aromatic nitrogens is 4. The van der Waals surface area contributed by atoms with Crippen molar-refractivity contribution in [3.63, 3.8) is 0 Å².